The highest BCUT2D eigenvalue weighted by Crippen LogP contribution is 2.00. The van der Waals surface area contributed by atoms with Crippen LogP contribution in [0.5, 0.6) is 0 Å². The second kappa shape index (κ2) is 4.86. The third-order valence-electron chi connectivity index (χ3n) is 0.696. The standard InChI is InChI=1S/C3H8BIO2/c1-6-3(2-4)7-5/h3H,2,4H2,1H3. The molecule has 0 aromatic heterocycles. The Morgan fingerprint density at radius 1 is 1.86 bits per heavy atom. The van der Waals surface area contributed by atoms with Gasteiger partial charge in [0.2, 0.25) is 0 Å². The molecule has 4 heteroatoms. The number of rotatable bonds is 3. The molecule has 0 aromatic rings. The van der Waals surface area contributed by atoms with Gasteiger partial charge in [0.1, 0.15) is 30.9 Å². The van der Waals surface area contributed by atoms with Crippen molar-refractivity contribution in [3.05, 3.63) is 0 Å². The Balaban J connectivity index is 2.99. The van der Waals surface area contributed by atoms with Crippen molar-refractivity contribution in [1.29, 1.82) is 0 Å². The van der Waals surface area contributed by atoms with Crippen LogP contribution in [0, 0.1) is 0 Å². The molecule has 1 atom stereocenters. The highest BCUT2D eigenvalue weighted by molar-refractivity contribution is 14.1. The Labute approximate surface area is 58.7 Å². The first-order valence-electron chi connectivity index (χ1n) is 2.15. The number of hydrogen-bond donors (Lipinski definition) is 0. The van der Waals surface area contributed by atoms with Crippen LogP contribution in [0.15, 0.2) is 0 Å². The molecule has 1 unspecified atom stereocenters. The molecule has 0 aliphatic carbocycles. The molecule has 0 rings (SSSR count). The summed E-state index contributed by atoms with van der Waals surface area (Å²) in [6.45, 7) is 0. The van der Waals surface area contributed by atoms with Crippen molar-refractivity contribution in [2.75, 3.05) is 7.11 Å². The number of ether oxygens (including phenoxy) is 1. The van der Waals surface area contributed by atoms with E-state index in [4.69, 9.17) is 7.80 Å². The quantitative estimate of drug-likeness (QED) is 0.384. The molecule has 0 fully saturated rings. The number of hydrogen-bond acceptors (Lipinski definition) is 2. The smallest absolute Gasteiger partial charge is 0.161 e. The van der Waals surface area contributed by atoms with E-state index in [-0.39, 0.29) is 6.29 Å². The van der Waals surface area contributed by atoms with E-state index < -0.39 is 0 Å². The predicted molar refractivity (Wildman–Crippen MR) is 39.3 cm³/mol. The van der Waals surface area contributed by atoms with Gasteiger partial charge < -0.3 is 4.74 Å². The maximum absolute atomic E-state index is 4.82. The van der Waals surface area contributed by atoms with Crippen LogP contribution in [0.1, 0.15) is 0 Å². The highest BCUT2D eigenvalue weighted by Gasteiger charge is 1.98. The van der Waals surface area contributed by atoms with Gasteiger partial charge in [-0.15, -0.1) is 0 Å². The molecule has 0 saturated carbocycles. The molecule has 0 aromatic carbocycles. The first-order valence-corrected chi connectivity index (χ1v) is 3.03. The third kappa shape index (κ3) is 3.31. The van der Waals surface area contributed by atoms with Crippen LogP contribution in [-0.4, -0.2) is 21.2 Å². The summed E-state index contributed by atoms with van der Waals surface area (Å²) in [5, 5.41) is 0. The zero-order valence-electron chi connectivity index (χ0n) is 4.48. The van der Waals surface area contributed by atoms with E-state index in [1.54, 1.807) is 7.11 Å². The van der Waals surface area contributed by atoms with Gasteiger partial charge in [-0.25, -0.2) is 0 Å². The third-order valence-corrected chi connectivity index (χ3v) is 1.26. The SMILES string of the molecule is BCC(OC)OI. The van der Waals surface area contributed by atoms with Crippen molar-refractivity contribution in [3.63, 3.8) is 0 Å². The fraction of sp³-hybridized carbons (Fsp3) is 1.00. The van der Waals surface area contributed by atoms with E-state index in [0.29, 0.717) is 0 Å². The molecule has 0 bridgehead atoms. The summed E-state index contributed by atoms with van der Waals surface area (Å²) in [7, 11) is 3.64. The van der Waals surface area contributed by atoms with Crippen LogP contribution < -0.4 is 0 Å². The summed E-state index contributed by atoms with van der Waals surface area (Å²) < 4.78 is 9.62. The Morgan fingerprint density at radius 3 is 2.43 bits per heavy atom. The van der Waals surface area contributed by atoms with Crippen LogP contribution in [0.25, 0.3) is 0 Å². The highest BCUT2D eigenvalue weighted by atomic mass is 127. The monoisotopic (exact) mass is 214 g/mol. The lowest BCUT2D eigenvalue weighted by atomic mass is 10.1. The molecule has 2 nitrogen and oxygen atoms in total. The maximum Gasteiger partial charge on any atom is 0.161 e. The summed E-state index contributed by atoms with van der Waals surface area (Å²) in [5.41, 5.74) is 0. The second-order valence-electron chi connectivity index (χ2n) is 1.16. The zero-order valence-corrected chi connectivity index (χ0v) is 6.64. The van der Waals surface area contributed by atoms with Crippen LogP contribution in [0.3, 0.4) is 0 Å². The van der Waals surface area contributed by atoms with Crippen molar-refractivity contribution in [2.45, 2.75) is 12.6 Å². The molecule has 7 heavy (non-hydrogen) atoms. The maximum atomic E-state index is 4.82. The van der Waals surface area contributed by atoms with Crippen molar-refractivity contribution < 1.29 is 7.80 Å². The minimum Gasteiger partial charge on any atom is -0.356 e. The first kappa shape index (κ1) is 7.71. The molecule has 0 N–H and O–H groups in total. The zero-order chi connectivity index (χ0) is 5.70. The molecule has 0 amide bonds. The lowest BCUT2D eigenvalue weighted by molar-refractivity contribution is -0.00794. The summed E-state index contributed by atoms with van der Waals surface area (Å²) in [4.78, 5) is 0. The van der Waals surface area contributed by atoms with Crippen LogP contribution in [0.4, 0.5) is 0 Å². The summed E-state index contributed by atoms with van der Waals surface area (Å²) >= 11 is 1.82. The van der Waals surface area contributed by atoms with Gasteiger partial charge in [-0.2, -0.15) is 0 Å². The normalized spacial score (nSPS) is 14.0. The molecule has 42 valence electrons. The van der Waals surface area contributed by atoms with E-state index in [2.05, 4.69) is 0 Å². The minimum absolute atomic E-state index is 0.0272. The molecule has 0 saturated heterocycles. The summed E-state index contributed by atoms with van der Waals surface area (Å²) in [6, 6.07) is 0. The largest absolute Gasteiger partial charge is 0.356 e. The number of methoxy groups -OCH3 is 1. The average molecular weight is 214 g/mol. The fourth-order valence-electron chi connectivity index (χ4n) is 0.266. The number of halogens is 1. The molecular formula is C3H8BIO2. The van der Waals surface area contributed by atoms with E-state index in [9.17, 15) is 0 Å². The average Bonchev–Trinajstić information content (AvgIpc) is 1.72. The molecule has 0 aliphatic rings. The topological polar surface area (TPSA) is 18.5 Å². The van der Waals surface area contributed by atoms with Gasteiger partial charge in [-0.1, -0.05) is 0 Å². The van der Waals surface area contributed by atoms with Gasteiger partial charge >= 0.3 is 0 Å². The fourth-order valence-corrected chi connectivity index (χ4v) is 0.833. The van der Waals surface area contributed by atoms with E-state index in [0.717, 1.165) is 6.32 Å². The van der Waals surface area contributed by atoms with Crippen molar-refractivity contribution in [1.82, 2.24) is 0 Å². The summed E-state index contributed by atoms with van der Waals surface area (Å²) in [5.74, 6) is 0. The van der Waals surface area contributed by atoms with Gasteiger partial charge in [-0.05, 0) is 6.32 Å². The van der Waals surface area contributed by atoms with Gasteiger partial charge in [-0.3, -0.25) is 3.07 Å². The van der Waals surface area contributed by atoms with Crippen LogP contribution >= 0.6 is 23.0 Å². The van der Waals surface area contributed by atoms with Crippen LogP contribution in [-0.2, 0) is 7.80 Å². The van der Waals surface area contributed by atoms with E-state index in [1.807, 2.05) is 30.9 Å². The van der Waals surface area contributed by atoms with E-state index >= 15 is 0 Å². The van der Waals surface area contributed by atoms with Gasteiger partial charge in [0, 0.05) is 7.11 Å². The Morgan fingerprint density at radius 2 is 2.43 bits per heavy atom. The molecule has 0 aliphatic heterocycles. The van der Waals surface area contributed by atoms with Crippen molar-refractivity contribution >= 4 is 30.9 Å². The van der Waals surface area contributed by atoms with Crippen molar-refractivity contribution in [3.8, 4) is 0 Å². The van der Waals surface area contributed by atoms with E-state index in [1.165, 1.54) is 0 Å². The molecular weight excluding hydrogens is 206 g/mol. The minimum atomic E-state index is -0.0272. The van der Waals surface area contributed by atoms with Gasteiger partial charge in [0.25, 0.3) is 0 Å². The van der Waals surface area contributed by atoms with Crippen LogP contribution in [0.2, 0.25) is 6.32 Å². The first-order chi connectivity index (χ1) is 3.35. The van der Waals surface area contributed by atoms with Gasteiger partial charge in [0.05, 0.1) is 0 Å². The Hall–Kier alpha value is 0.715. The second-order valence-corrected chi connectivity index (χ2v) is 1.67. The lowest BCUT2D eigenvalue weighted by Gasteiger charge is -2.06. The Kier molecular flexibility index (Phi) is 5.36. The summed E-state index contributed by atoms with van der Waals surface area (Å²) in [6.07, 6.45) is 0.875. The molecule has 0 heterocycles. The predicted octanol–water partition coefficient (Wildman–Crippen LogP) is 0.377. The van der Waals surface area contributed by atoms with Gasteiger partial charge in [0.15, 0.2) is 6.29 Å². The van der Waals surface area contributed by atoms with Crippen molar-refractivity contribution in [2.24, 2.45) is 0 Å². The Bertz CT molecular complexity index is 34.4. The molecule has 0 spiro atoms. The molecule has 0 radical (unpaired) electrons. The lowest BCUT2D eigenvalue weighted by Crippen LogP contribution is -2.07.